The summed E-state index contributed by atoms with van der Waals surface area (Å²) < 4.78 is 10.7. The Bertz CT molecular complexity index is 1350. The molecule has 0 bridgehead atoms. The van der Waals surface area contributed by atoms with Crippen LogP contribution in [-0.4, -0.2) is 22.8 Å². The van der Waals surface area contributed by atoms with Gasteiger partial charge in [0.1, 0.15) is 5.75 Å². The van der Waals surface area contributed by atoms with E-state index in [4.69, 9.17) is 9.47 Å². The maximum Gasteiger partial charge on any atom is 0.363 e. The molecular weight excluding hydrogens is 436 g/mol. The number of non-ortho nitro benzene ring substituents is 1. The van der Waals surface area contributed by atoms with Crippen molar-refractivity contribution in [2.75, 3.05) is 0 Å². The molecule has 1 heterocycles. The number of nitro groups is 1. The van der Waals surface area contributed by atoms with Gasteiger partial charge in [0.05, 0.1) is 4.92 Å². The van der Waals surface area contributed by atoms with Crippen molar-refractivity contribution >= 4 is 35.7 Å². The minimum Gasteiger partial charge on any atom is -0.423 e. The van der Waals surface area contributed by atoms with Crippen LogP contribution in [0.2, 0.25) is 0 Å². The quantitative estimate of drug-likeness (QED) is 0.173. The van der Waals surface area contributed by atoms with E-state index >= 15 is 0 Å². The second kappa shape index (κ2) is 9.74. The highest BCUT2D eigenvalue weighted by atomic mass is 16.6. The molecule has 0 saturated carbocycles. The van der Waals surface area contributed by atoms with E-state index in [2.05, 4.69) is 4.99 Å². The molecule has 34 heavy (non-hydrogen) atoms. The zero-order chi connectivity index (χ0) is 24.1. The van der Waals surface area contributed by atoms with E-state index in [1.165, 1.54) is 42.5 Å². The molecule has 0 spiro atoms. The Labute approximate surface area is 194 Å². The Morgan fingerprint density at radius 2 is 1.74 bits per heavy atom. The second-order valence-electron chi connectivity index (χ2n) is 7.34. The molecule has 0 N–H and O–H groups in total. The number of rotatable bonds is 6. The van der Waals surface area contributed by atoms with Gasteiger partial charge in [0, 0.05) is 29.3 Å². The van der Waals surface area contributed by atoms with Crippen LogP contribution in [0.25, 0.3) is 12.2 Å². The minimum absolute atomic E-state index is 0.0414. The molecule has 0 saturated heterocycles. The molecule has 0 atom stereocenters. The van der Waals surface area contributed by atoms with E-state index in [0.29, 0.717) is 16.7 Å². The lowest BCUT2D eigenvalue weighted by atomic mass is 10.1. The summed E-state index contributed by atoms with van der Waals surface area (Å²) in [6.45, 7) is 1.96. The number of hydrogen-bond acceptors (Lipinski definition) is 7. The topological polar surface area (TPSA) is 108 Å². The highest BCUT2D eigenvalue weighted by Crippen LogP contribution is 2.25. The van der Waals surface area contributed by atoms with Gasteiger partial charge < -0.3 is 9.47 Å². The summed E-state index contributed by atoms with van der Waals surface area (Å²) in [7, 11) is 0. The van der Waals surface area contributed by atoms with E-state index in [9.17, 15) is 19.7 Å². The fraction of sp³-hybridized carbons (Fsp3) is 0.0385. The highest BCUT2D eigenvalue weighted by molar-refractivity contribution is 6.13. The van der Waals surface area contributed by atoms with Gasteiger partial charge >= 0.3 is 11.9 Å². The summed E-state index contributed by atoms with van der Waals surface area (Å²) >= 11 is 0. The number of aliphatic imine (C=N–C) groups is 1. The Morgan fingerprint density at radius 1 is 1.03 bits per heavy atom. The molecule has 0 fully saturated rings. The van der Waals surface area contributed by atoms with Crippen molar-refractivity contribution in [3.63, 3.8) is 0 Å². The Balaban J connectivity index is 1.51. The number of carbonyl (C=O) groups excluding carboxylic acids is 2. The van der Waals surface area contributed by atoms with Crippen molar-refractivity contribution in [1.82, 2.24) is 0 Å². The SMILES string of the molecule is Cc1ccc(C2=N/C(=C\c3ccccc3OC(=O)/C=C/c3ccc([N+](=O)[O-])cc3)C(=O)O2)cc1. The zero-order valence-corrected chi connectivity index (χ0v) is 18.0. The zero-order valence-electron chi connectivity index (χ0n) is 18.0. The van der Waals surface area contributed by atoms with Crippen LogP contribution in [0.15, 0.2) is 89.6 Å². The third-order valence-corrected chi connectivity index (χ3v) is 4.86. The number of cyclic esters (lactones) is 1. The minimum atomic E-state index is -0.651. The van der Waals surface area contributed by atoms with Crippen LogP contribution in [0.5, 0.6) is 5.75 Å². The van der Waals surface area contributed by atoms with Crippen molar-refractivity contribution in [3.05, 3.63) is 117 Å². The van der Waals surface area contributed by atoms with Crippen LogP contribution in [-0.2, 0) is 14.3 Å². The predicted molar refractivity (Wildman–Crippen MR) is 126 cm³/mol. The number of aryl methyl sites for hydroxylation is 1. The number of benzene rings is 3. The standard InChI is InChI=1S/C26H18N2O6/c1-17-6-11-19(12-7-17)25-27-22(26(30)34-25)16-20-4-2-3-5-23(20)33-24(29)15-10-18-8-13-21(14-9-18)28(31)32/h2-16H,1H3/b15-10+,22-16-. The largest absolute Gasteiger partial charge is 0.423 e. The highest BCUT2D eigenvalue weighted by Gasteiger charge is 2.24. The molecule has 4 rings (SSSR count). The molecule has 168 valence electrons. The molecule has 8 nitrogen and oxygen atoms in total. The van der Waals surface area contributed by atoms with Crippen molar-refractivity contribution in [2.24, 2.45) is 4.99 Å². The molecule has 3 aromatic carbocycles. The Kier molecular flexibility index (Phi) is 6.40. The smallest absolute Gasteiger partial charge is 0.363 e. The lowest BCUT2D eigenvalue weighted by Gasteiger charge is -2.05. The molecule has 8 heteroatoms. The summed E-state index contributed by atoms with van der Waals surface area (Å²) in [5.41, 5.74) is 2.87. The average molecular weight is 454 g/mol. The predicted octanol–water partition coefficient (Wildman–Crippen LogP) is 4.87. The van der Waals surface area contributed by atoms with Gasteiger partial charge in [0.2, 0.25) is 5.90 Å². The normalized spacial score (nSPS) is 14.2. The third kappa shape index (κ3) is 5.31. The fourth-order valence-electron chi connectivity index (χ4n) is 3.08. The summed E-state index contributed by atoms with van der Waals surface area (Å²) in [6.07, 6.45) is 4.19. The lowest BCUT2D eigenvalue weighted by molar-refractivity contribution is -0.384. The van der Waals surface area contributed by atoms with Gasteiger partial charge in [-0.25, -0.2) is 14.6 Å². The molecule has 1 aliphatic heterocycles. The number of esters is 2. The van der Waals surface area contributed by atoms with Crippen LogP contribution in [0, 0.1) is 17.0 Å². The van der Waals surface area contributed by atoms with E-state index in [1.807, 2.05) is 31.2 Å². The van der Waals surface area contributed by atoms with Crippen LogP contribution >= 0.6 is 0 Å². The maximum absolute atomic E-state index is 12.3. The first-order valence-corrected chi connectivity index (χ1v) is 10.2. The molecule has 0 unspecified atom stereocenters. The van der Waals surface area contributed by atoms with Crippen LogP contribution < -0.4 is 4.74 Å². The monoisotopic (exact) mass is 454 g/mol. The molecule has 1 aliphatic rings. The van der Waals surface area contributed by atoms with E-state index in [-0.39, 0.29) is 23.0 Å². The van der Waals surface area contributed by atoms with Gasteiger partial charge in [-0.3, -0.25) is 10.1 Å². The van der Waals surface area contributed by atoms with Crippen molar-refractivity contribution in [3.8, 4) is 5.75 Å². The van der Waals surface area contributed by atoms with Crippen LogP contribution in [0.1, 0.15) is 22.3 Å². The van der Waals surface area contributed by atoms with E-state index in [0.717, 1.165) is 5.56 Å². The first kappa shape index (κ1) is 22.3. The van der Waals surface area contributed by atoms with Gasteiger partial charge in [0.25, 0.3) is 5.69 Å². The molecular formula is C26H18N2O6. The van der Waals surface area contributed by atoms with Gasteiger partial charge in [-0.15, -0.1) is 0 Å². The Morgan fingerprint density at radius 3 is 2.44 bits per heavy atom. The lowest BCUT2D eigenvalue weighted by Crippen LogP contribution is -2.06. The Hall–Kier alpha value is -4.85. The number of hydrogen-bond donors (Lipinski definition) is 0. The van der Waals surface area contributed by atoms with Gasteiger partial charge in [-0.1, -0.05) is 35.9 Å². The third-order valence-electron chi connectivity index (χ3n) is 4.86. The molecule has 0 aromatic heterocycles. The number of nitro benzene ring substituents is 1. The average Bonchev–Trinajstić information content (AvgIpc) is 3.19. The van der Waals surface area contributed by atoms with Crippen LogP contribution in [0.3, 0.4) is 0 Å². The number of nitrogens with zero attached hydrogens (tertiary/aromatic N) is 2. The van der Waals surface area contributed by atoms with Gasteiger partial charge in [0.15, 0.2) is 5.70 Å². The van der Waals surface area contributed by atoms with Crippen molar-refractivity contribution in [2.45, 2.75) is 6.92 Å². The molecule has 3 aromatic rings. The first-order valence-electron chi connectivity index (χ1n) is 10.2. The maximum atomic E-state index is 12.3. The molecule has 0 amide bonds. The second-order valence-corrected chi connectivity index (χ2v) is 7.34. The number of carbonyl (C=O) groups is 2. The van der Waals surface area contributed by atoms with E-state index < -0.39 is 16.9 Å². The van der Waals surface area contributed by atoms with Gasteiger partial charge in [-0.2, -0.15) is 0 Å². The fourth-order valence-corrected chi connectivity index (χ4v) is 3.08. The van der Waals surface area contributed by atoms with Crippen molar-refractivity contribution < 1.29 is 24.0 Å². The molecule has 0 aliphatic carbocycles. The summed E-state index contributed by atoms with van der Waals surface area (Å²) in [5.74, 6) is -0.811. The number of para-hydroxylation sites is 1. The van der Waals surface area contributed by atoms with E-state index in [1.54, 1.807) is 24.3 Å². The first-order chi connectivity index (χ1) is 16.4. The summed E-state index contributed by atoms with van der Waals surface area (Å²) in [5, 5.41) is 10.7. The number of ether oxygens (including phenoxy) is 2. The van der Waals surface area contributed by atoms with Gasteiger partial charge in [-0.05, 0) is 55.0 Å². The van der Waals surface area contributed by atoms with Crippen molar-refractivity contribution in [1.29, 1.82) is 0 Å². The summed E-state index contributed by atoms with van der Waals surface area (Å²) in [4.78, 5) is 39.2. The summed E-state index contributed by atoms with van der Waals surface area (Å²) in [6, 6.07) is 19.9. The van der Waals surface area contributed by atoms with Crippen LogP contribution in [0.4, 0.5) is 5.69 Å². The molecule has 0 radical (unpaired) electrons.